The average molecular weight is 389 g/mol. The summed E-state index contributed by atoms with van der Waals surface area (Å²) in [6.07, 6.45) is 3.36. The lowest BCUT2D eigenvalue weighted by Gasteiger charge is -2.27. The number of rotatable bonds is 7. The van der Waals surface area contributed by atoms with Crippen LogP contribution >= 0.6 is 0 Å². The van der Waals surface area contributed by atoms with Gasteiger partial charge in [-0.25, -0.2) is 9.07 Å². The van der Waals surface area contributed by atoms with Gasteiger partial charge in [0.2, 0.25) is 0 Å². The van der Waals surface area contributed by atoms with Crippen molar-refractivity contribution in [2.24, 2.45) is 11.8 Å². The molecular weight excluding hydrogens is 365 g/mol. The molecule has 2 aromatic rings. The highest BCUT2D eigenvalue weighted by Crippen LogP contribution is 2.24. The van der Waals surface area contributed by atoms with Gasteiger partial charge in [-0.05, 0) is 49.4 Å². The number of carboxylic acid groups (broad SMARTS) is 1. The Morgan fingerprint density at radius 2 is 2.00 bits per heavy atom. The van der Waals surface area contributed by atoms with Crippen molar-refractivity contribution in [2.75, 3.05) is 19.8 Å². The highest BCUT2D eigenvalue weighted by Gasteiger charge is 2.30. The zero-order chi connectivity index (χ0) is 20.1. The summed E-state index contributed by atoms with van der Waals surface area (Å²) in [7, 11) is 0. The van der Waals surface area contributed by atoms with Crippen LogP contribution in [-0.2, 0) is 16.0 Å². The SMILES string of the molecule is CCc1c(C(=O)NCC(C(=O)O)C2CCOCC2)cnn1-c1ccc(F)cc1. The molecule has 1 aromatic carbocycles. The van der Waals surface area contributed by atoms with Crippen LogP contribution in [0.5, 0.6) is 0 Å². The molecule has 1 aromatic heterocycles. The van der Waals surface area contributed by atoms with Gasteiger partial charge in [0.25, 0.3) is 5.91 Å². The van der Waals surface area contributed by atoms with Crippen LogP contribution in [0.3, 0.4) is 0 Å². The van der Waals surface area contributed by atoms with Crippen LogP contribution in [0.4, 0.5) is 4.39 Å². The molecule has 8 heteroatoms. The molecule has 1 amide bonds. The molecule has 150 valence electrons. The number of nitrogens with zero attached hydrogens (tertiary/aromatic N) is 2. The van der Waals surface area contributed by atoms with Crippen molar-refractivity contribution in [3.05, 3.63) is 47.5 Å². The lowest BCUT2D eigenvalue weighted by Crippen LogP contribution is -2.39. The fraction of sp³-hybridized carbons (Fsp3) is 0.450. The minimum Gasteiger partial charge on any atom is -0.481 e. The van der Waals surface area contributed by atoms with Gasteiger partial charge in [-0.3, -0.25) is 9.59 Å². The quantitative estimate of drug-likeness (QED) is 0.759. The van der Waals surface area contributed by atoms with Crippen molar-refractivity contribution in [1.82, 2.24) is 15.1 Å². The van der Waals surface area contributed by atoms with E-state index in [1.807, 2.05) is 6.92 Å². The van der Waals surface area contributed by atoms with E-state index < -0.39 is 11.9 Å². The number of carboxylic acids is 1. The van der Waals surface area contributed by atoms with Gasteiger partial charge in [0, 0.05) is 19.8 Å². The number of hydrogen-bond donors (Lipinski definition) is 2. The van der Waals surface area contributed by atoms with Crippen LogP contribution < -0.4 is 5.32 Å². The van der Waals surface area contributed by atoms with Gasteiger partial charge in [0.15, 0.2) is 0 Å². The third kappa shape index (κ3) is 4.39. The number of carbonyl (C=O) groups is 2. The second-order valence-electron chi connectivity index (χ2n) is 6.85. The predicted octanol–water partition coefficient (Wildman–Crippen LogP) is 2.43. The van der Waals surface area contributed by atoms with E-state index in [1.54, 1.807) is 16.8 Å². The lowest BCUT2D eigenvalue weighted by molar-refractivity contribution is -0.144. The maximum atomic E-state index is 13.2. The molecule has 1 aliphatic rings. The molecule has 0 bridgehead atoms. The molecule has 1 saturated heterocycles. The Labute approximate surface area is 162 Å². The largest absolute Gasteiger partial charge is 0.481 e. The molecule has 0 spiro atoms. The van der Waals surface area contributed by atoms with E-state index >= 15 is 0 Å². The van der Waals surface area contributed by atoms with E-state index in [1.165, 1.54) is 18.3 Å². The number of benzene rings is 1. The van der Waals surface area contributed by atoms with Crippen molar-refractivity contribution in [1.29, 1.82) is 0 Å². The predicted molar refractivity (Wildman–Crippen MR) is 99.9 cm³/mol. The van der Waals surface area contributed by atoms with E-state index in [0.29, 0.717) is 49.4 Å². The molecule has 0 saturated carbocycles. The minimum absolute atomic E-state index is 0.0147. The summed E-state index contributed by atoms with van der Waals surface area (Å²) < 4.78 is 20.1. The van der Waals surface area contributed by atoms with E-state index in [4.69, 9.17) is 4.74 Å². The number of hydrogen-bond acceptors (Lipinski definition) is 4. The van der Waals surface area contributed by atoms with E-state index in [9.17, 15) is 19.1 Å². The monoisotopic (exact) mass is 389 g/mol. The Bertz CT molecular complexity index is 828. The first kappa shape index (κ1) is 20.0. The maximum absolute atomic E-state index is 13.2. The number of aliphatic carboxylic acids is 1. The van der Waals surface area contributed by atoms with Gasteiger partial charge in [-0.1, -0.05) is 6.92 Å². The Kier molecular flexibility index (Phi) is 6.41. The van der Waals surface area contributed by atoms with Crippen LogP contribution in [0.2, 0.25) is 0 Å². The highest BCUT2D eigenvalue weighted by molar-refractivity contribution is 5.95. The first-order chi connectivity index (χ1) is 13.5. The Morgan fingerprint density at radius 3 is 2.61 bits per heavy atom. The zero-order valence-electron chi connectivity index (χ0n) is 15.7. The summed E-state index contributed by atoms with van der Waals surface area (Å²) in [5.74, 6) is -2.28. The number of ether oxygens (including phenoxy) is 1. The molecular formula is C20H24FN3O4. The molecule has 1 atom stereocenters. The fourth-order valence-corrected chi connectivity index (χ4v) is 3.58. The molecule has 1 unspecified atom stereocenters. The smallest absolute Gasteiger partial charge is 0.308 e. The minimum atomic E-state index is -0.912. The van der Waals surface area contributed by atoms with Crippen LogP contribution in [0.25, 0.3) is 5.69 Å². The van der Waals surface area contributed by atoms with Crippen molar-refractivity contribution in [3.8, 4) is 5.69 Å². The molecule has 1 fully saturated rings. The summed E-state index contributed by atoms with van der Waals surface area (Å²) in [5, 5.41) is 16.6. The summed E-state index contributed by atoms with van der Waals surface area (Å²) in [4.78, 5) is 24.3. The summed E-state index contributed by atoms with van der Waals surface area (Å²) in [6, 6.07) is 5.85. The Morgan fingerprint density at radius 1 is 1.32 bits per heavy atom. The first-order valence-corrected chi connectivity index (χ1v) is 9.42. The number of nitrogens with one attached hydrogen (secondary N) is 1. The van der Waals surface area contributed by atoms with E-state index in [-0.39, 0.29) is 24.2 Å². The summed E-state index contributed by atoms with van der Waals surface area (Å²) in [5.41, 5.74) is 1.73. The lowest BCUT2D eigenvalue weighted by atomic mass is 9.86. The number of aromatic nitrogens is 2. The topological polar surface area (TPSA) is 93.5 Å². The van der Waals surface area contributed by atoms with Crippen molar-refractivity contribution in [2.45, 2.75) is 26.2 Å². The van der Waals surface area contributed by atoms with Gasteiger partial charge in [-0.15, -0.1) is 0 Å². The van der Waals surface area contributed by atoms with Gasteiger partial charge in [0.05, 0.1) is 29.1 Å². The molecule has 3 rings (SSSR count). The third-order valence-electron chi connectivity index (χ3n) is 5.15. The number of carbonyl (C=O) groups excluding carboxylic acids is 1. The Hall–Kier alpha value is -2.74. The normalized spacial score (nSPS) is 15.9. The van der Waals surface area contributed by atoms with Crippen LogP contribution in [0.1, 0.15) is 35.8 Å². The van der Waals surface area contributed by atoms with Gasteiger partial charge in [-0.2, -0.15) is 5.10 Å². The van der Waals surface area contributed by atoms with Gasteiger partial charge < -0.3 is 15.2 Å². The van der Waals surface area contributed by atoms with Crippen LogP contribution in [-0.4, -0.2) is 46.5 Å². The third-order valence-corrected chi connectivity index (χ3v) is 5.15. The summed E-state index contributed by atoms with van der Waals surface area (Å²) in [6.45, 7) is 3.05. The van der Waals surface area contributed by atoms with Crippen molar-refractivity contribution >= 4 is 11.9 Å². The second-order valence-corrected chi connectivity index (χ2v) is 6.85. The molecule has 28 heavy (non-hydrogen) atoms. The molecule has 2 heterocycles. The molecule has 1 aliphatic heterocycles. The zero-order valence-corrected chi connectivity index (χ0v) is 15.7. The summed E-state index contributed by atoms with van der Waals surface area (Å²) >= 11 is 0. The van der Waals surface area contributed by atoms with Crippen molar-refractivity contribution in [3.63, 3.8) is 0 Å². The number of amides is 1. The van der Waals surface area contributed by atoms with Crippen molar-refractivity contribution < 1.29 is 23.8 Å². The van der Waals surface area contributed by atoms with E-state index in [0.717, 1.165) is 0 Å². The molecule has 0 aliphatic carbocycles. The van der Waals surface area contributed by atoms with Gasteiger partial charge in [0.1, 0.15) is 5.82 Å². The fourth-order valence-electron chi connectivity index (χ4n) is 3.58. The molecule has 2 N–H and O–H groups in total. The average Bonchev–Trinajstić information content (AvgIpc) is 3.13. The number of halogens is 1. The maximum Gasteiger partial charge on any atom is 0.308 e. The van der Waals surface area contributed by atoms with Crippen LogP contribution in [0.15, 0.2) is 30.5 Å². The Balaban J connectivity index is 1.73. The molecule has 0 radical (unpaired) electrons. The van der Waals surface area contributed by atoms with E-state index in [2.05, 4.69) is 10.4 Å². The standard InChI is InChI=1S/C20H24FN3O4/c1-2-18-17(12-23-24(18)15-5-3-14(21)4-6-15)19(25)22-11-16(20(26)27)13-7-9-28-10-8-13/h3-6,12-13,16H,2,7-11H2,1H3,(H,22,25)(H,26,27). The molecule has 7 nitrogen and oxygen atoms in total. The first-order valence-electron chi connectivity index (χ1n) is 9.42. The second kappa shape index (κ2) is 8.97. The van der Waals surface area contributed by atoms with Gasteiger partial charge >= 0.3 is 5.97 Å². The van der Waals surface area contributed by atoms with Crippen LogP contribution in [0, 0.1) is 17.7 Å². The highest BCUT2D eigenvalue weighted by atomic mass is 19.1.